The number of hydrogen-bond acceptors (Lipinski definition) is 3. The van der Waals surface area contributed by atoms with Gasteiger partial charge in [0, 0.05) is 19.8 Å². The van der Waals surface area contributed by atoms with Gasteiger partial charge in [-0.05, 0) is 50.6 Å². The van der Waals surface area contributed by atoms with Gasteiger partial charge >= 0.3 is 0 Å². The molecule has 1 aliphatic rings. The molecule has 1 fully saturated rings. The van der Waals surface area contributed by atoms with E-state index in [0.717, 1.165) is 45.6 Å². The molecular formula is C12H25NO2. The summed E-state index contributed by atoms with van der Waals surface area (Å²) < 4.78 is 5.34. The summed E-state index contributed by atoms with van der Waals surface area (Å²) in [5, 5.41) is 12.8. The van der Waals surface area contributed by atoms with Crippen LogP contribution in [0, 0.1) is 11.8 Å². The molecule has 0 aromatic carbocycles. The van der Waals surface area contributed by atoms with Crippen LogP contribution in [0.25, 0.3) is 0 Å². The molecule has 0 aliphatic carbocycles. The number of ether oxygens (including phenoxy) is 1. The minimum absolute atomic E-state index is 0.332. The molecule has 2 N–H and O–H groups in total. The first-order chi connectivity index (χ1) is 7.38. The second-order valence-corrected chi connectivity index (χ2v) is 4.43. The molecule has 0 radical (unpaired) electrons. The van der Waals surface area contributed by atoms with Gasteiger partial charge in [0.25, 0.3) is 0 Å². The first kappa shape index (κ1) is 12.9. The van der Waals surface area contributed by atoms with Crippen molar-refractivity contribution in [2.75, 3.05) is 32.9 Å². The molecule has 1 aliphatic heterocycles. The summed E-state index contributed by atoms with van der Waals surface area (Å²) in [5.41, 5.74) is 0. The Bertz CT molecular complexity index is 147. The third-order valence-electron chi connectivity index (χ3n) is 3.29. The van der Waals surface area contributed by atoms with Gasteiger partial charge in [0.2, 0.25) is 0 Å². The van der Waals surface area contributed by atoms with Crippen molar-refractivity contribution in [3.63, 3.8) is 0 Å². The predicted octanol–water partition coefficient (Wildman–Crippen LogP) is 1.41. The van der Waals surface area contributed by atoms with Crippen LogP contribution in [0.15, 0.2) is 0 Å². The molecule has 1 saturated heterocycles. The van der Waals surface area contributed by atoms with Gasteiger partial charge in [-0.15, -0.1) is 0 Å². The van der Waals surface area contributed by atoms with Gasteiger partial charge in [-0.25, -0.2) is 0 Å². The van der Waals surface area contributed by atoms with Gasteiger partial charge in [-0.2, -0.15) is 0 Å². The zero-order valence-corrected chi connectivity index (χ0v) is 9.87. The maximum atomic E-state index is 9.37. The zero-order valence-electron chi connectivity index (χ0n) is 9.87. The Morgan fingerprint density at radius 2 is 2.07 bits per heavy atom. The summed E-state index contributed by atoms with van der Waals surface area (Å²) >= 11 is 0. The summed E-state index contributed by atoms with van der Waals surface area (Å²) in [7, 11) is 0. The van der Waals surface area contributed by atoms with E-state index in [1.54, 1.807) is 0 Å². The number of nitrogens with one attached hydrogen (secondary N) is 1. The Kier molecular flexibility index (Phi) is 6.98. The van der Waals surface area contributed by atoms with E-state index in [2.05, 4.69) is 12.2 Å². The molecule has 0 aromatic heterocycles. The fraction of sp³-hybridized carbons (Fsp3) is 1.00. The average molecular weight is 215 g/mol. The van der Waals surface area contributed by atoms with Crippen molar-refractivity contribution in [3.8, 4) is 0 Å². The van der Waals surface area contributed by atoms with Crippen LogP contribution >= 0.6 is 0 Å². The van der Waals surface area contributed by atoms with Crippen molar-refractivity contribution < 1.29 is 9.84 Å². The lowest BCUT2D eigenvalue weighted by Crippen LogP contribution is -2.29. The quantitative estimate of drug-likeness (QED) is 0.631. The first-order valence-corrected chi connectivity index (χ1v) is 6.27. The normalized spacial score (nSPS) is 20.4. The van der Waals surface area contributed by atoms with Gasteiger partial charge in [0.1, 0.15) is 0 Å². The highest BCUT2D eigenvalue weighted by Crippen LogP contribution is 2.25. The molecule has 1 heterocycles. The maximum absolute atomic E-state index is 9.37. The molecule has 0 saturated carbocycles. The van der Waals surface area contributed by atoms with E-state index in [0.29, 0.717) is 18.4 Å². The maximum Gasteiger partial charge on any atom is 0.0468 e. The van der Waals surface area contributed by atoms with E-state index in [9.17, 15) is 5.11 Å². The Balaban J connectivity index is 2.15. The van der Waals surface area contributed by atoms with Crippen LogP contribution < -0.4 is 5.32 Å². The molecular weight excluding hydrogens is 190 g/mol. The van der Waals surface area contributed by atoms with Crippen molar-refractivity contribution in [1.29, 1.82) is 0 Å². The van der Waals surface area contributed by atoms with Crippen LogP contribution in [0.4, 0.5) is 0 Å². The van der Waals surface area contributed by atoms with Gasteiger partial charge in [0.15, 0.2) is 0 Å². The molecule has 1 atom stereocenters. The molecule has 1 rings (SSSR count). The third kappa shape index (κ3) is 4.96. The molecule has 3 heteroatoms. The van der Waals surface area contributed by atoms with Crippen molar-refractivity contribution in [3.05, 3.63) is 0 Å². The van der Waals surface area contributed by atoms with Crippen LogP contribution in [0.5, 0.6) is 0 Å². The van der Waals surface area contributed by atoms with E-state index in [1.807, 2.05) is 0 Å². The third-order valence-corrected chi connectivity index (χ3v) is 3.29. The number of aliphatic hydroxyl groups excluding tert-OH is 1. The highest BCUT2D eigenvalue weighted by Gasteiger charge is 2.22. The fourth-order valence-corrected chi connectivity index (χ4v) is 2.25. The van der Waals surface area contributed by atoms with E-state index in [4.69, 9.17) is 4.74 Å². The van der Waals surface area contributed by atoms with Crippen LogP contribution in [0.1, 0.15) is 32.6 Å². The highest BCUT2D eigenvalue weighted by molar-refractivity contribution is 4.73. The lowest BCUT2D eigenvalue weighted by atomic mass is 9.84. The van der Waals surface area contributed by atoms with E-state index in [1.165, 1.54) is 6.42 Å². The molecule has 90 valence electrons. The van der Waals surface area contributed by atoms with Crippen LogP contribution in [-0.4, -0.2) is 38.0 Å². The summed E-state index contributed by atoms with van der Waals surface area (Å²) in [4.78, 5) is 0. The second kappa shape index (κ2) is 8.08. The predicted molar refractivity (Wildman–Crippen MR) is 61.9 cm³/mol. The smallest absolute Gasteiger partial charge is 0.0468 e. The second-order valence-electron chi connectivity index (χ2n) is 4.43. The molecule has 1 unspecified atom stereocenters. The Labute approximate surface area is 93.2 Å². The number of rotatable bonds is 7. The standard InChI is InChI=1S/C12H25NO2/c1-2-6-13-7-3-12(10-14)11-4-8-15-9-5-11/h11-14H,2-10H2,1H3. The molecule has 0 amide bonds. The first-order valence-electron chi connectivity index (χ1n) is 6.27. The molecule has 0 bridgehead atoms. The Morgan fingerprint density at radius 1 is 1.33 bits per heavy atom. The van der Waals surface area contributed by atoms with E-state index < -0.39 is 0 Å². The largest absolute Gasteiger partial charge is 0.396 e. The molecule has 0 aromatic rings. The van der Waals surface area contributed by atoms with Gasteiger partial charge in [-0.1, -0.05) is 6.92 Å². The number of aliphatic hydroxyl groups is 1. The van der Waals surface area contributed by atoms with Crippen molar-refractivity contribution >= 4 is 0 Å². The lowest BCUT2D eigenvalue weighted by molar-refractivity contribution is 0.0313. The summed E-state index contributed by atoms with van der Waals surface area (Å²) in [6, 6.07) is 0. The van der Waals surface area contributed by atoms with Crippen LogP contribution in [0.3, 0.4) is 0 Å². The van der Waals surface area contributed by atoms with Gasteiger partial charge in [0.05, 0.1) is 0 Å². The molecule has 0 spiro atoms. The van der Waals surface area contributed by atoms with Gasteiger partial charge in [-0.3, -0.25) is 0 Å². The summed E-state index contributed by atoms with van der Waals surface area (Å²) in [6.07, 6.45) is 4.53. The van der Waals surface area contributed by atoms with Crippen molar-refractivity contribution in [1.82, 2.24) is 5.32 Å². The Hall–Kier alpha value is -0.120. The fourth-order valence-electron chi connectivity index (χ4n) is 2.25. The zero-order chi connectivity index (χ0) is 10.9. The van der Waals surface area contributed by atoms with Crippen molar-refractivity contribution in [2.24, 2.45) is 11.8 Å². The van der Waals surface area contributed by atoms with Gasteiger partial charge < -0.3 is 15.2 Å². The Morgan fingerprint density at radius 3 is 2.67 bits per heavy atom. The highest BCUT2D eigenvalue weighted by atomic mass is 16.5. The SMILES string of the molecule is CCCNCCC(CO)C1CCOCC1. The molecule has 15 heavy (non-hydrogen) atoms. The van der Waals surface area contributed by atoms with Crippen LogP contribution in [0.2, 0.25) is 0 Å². The van der Waals surface area contributed by atoms with E-state index in [-0.39, 0.29) is 0 Å². The monoisotopic (exact) mass is 215 g/mol. The van der Waals surface area contributed by atoms with Crippen molar-refractivity contribution in [2.45, 2.75) is 32.6 Å². The minimum Gasteiger partial charge on any atom is -0.396 e. The van der Waals surface area contributed by atoms with E-state index >= 15 is 0 Å². The van der Waals surface area contributed by atoms with Crippen LogP contribution in [-0.2, 0) is 4.74 Å². The summed E-state index contributed by atoms with van der Waals surface area (Å²) in [5.74, 6) is 1.14. The average Bonchev–Trinajstić information content (AvgIpc) is 2.30. The topological polar surface area (TPSA) is 41.5 Å². The lowest BCUT2D eigenvalue weighted by Gasteiger charge is -2.29. The number of hydrogen-bond donors (Lipinski definition) is 2. The summed E-state index contributed by atoms with van der Waals surface area (Å²) in [6.45, 7) is 6.39. The minimum atomic E-state index is 0.332. The molecule has 3 nitrogen and oxygen atoms in total.